The topological polar surface area (TPSA) is 92.7 Å². The van der Waals surface area contributed by atoms with Crippen molar-refractivity contribution in [3.05, 3.63) is 88.8 Å². The number of hydrogen-bond acceptors (Lipinski definition) is 4. The molecule has 0 aliphatic heterocycles. The van der Waals surface area contributed by atoms with Crippen molar-refractivity contribution in [2.45, 2.75) is 6.54 Å². The summed E-state index contributed by atoms with van der Waals surface area (Å²) in [5.41, 5.74) is 2.31. The van der Waals surface area contributed by atoms with Crippen molar-refractivity contribution in [3.63, 3.8) is 0 Å². The molecule has 0 fully saturated rings. The van der Waals surface area contributed by atoms with E-state index in [0.717, 1.165) is 18.2 Å². The zero-order valence-corrected chi connectivity index (χ0v) is 16.5. The van der Waals surface area contributed by atoms with Crippen LogP contribution in [-0.4, -0.2) is 25.4 Å². The normalized spacial score (nSPS) is 11.2. The number of benzene rings is 3. The summed E-state index contributed by atoms with van der Waals surface area (Å²) in [5, 5.41) is 2.74. The van der Waals surface area contributed by atoms with E-state index in [4.69, 9.17) is 0 Å². The SMILES string of the molecule is O=C(Cn1c(=O)cnc2ccccc21)Nc1ccc2nc(-c3cc(F)ccc3F)[nH]c2c1. The minimum absolute atomic E-state index is 0.00993. The number of imidazole rings is 1. The quantitative estimate of drug-likeness (QED) is 0.452. The predicted octanol–water partition coefficient (Wildman–Crippen LogP) is 3.86. The number of carbonyl (C=O) groups is 1. The van der Waals surface area contributed by atoms with Crippen LogP contribution in [0.25, 0.3) is 33.5 Å². The van der Waals surface area contributed by atoms with Gasteiger partial charge in [-0.05, 0) is 48.5 Å². The first-order valence-electron chi connectivity index (χ1n) is 9.67. The molecule has 0 unspecified atom stereocenters. The summed E-state index contributed by atoms with van der Waals surface area (Å²) in [6.07, 6.45) is 1.18. The van der Waals surface area contributed by atoms with Crippen molar-refractivity contribution in [2.75, 3.05) is 5.32 Å². The molecule has 0 aliphatic rings. The Morgan fingerprint density at radius 2 is 1.88 bits per heavy atom. The number of nitrogens with zero attached hydrogens (tertiary/aromatic N) is 3. The number of hydrogen-bond donors (Lipinski definition) is 2. The van der Waals surface area contributed by atoms with E-state index >= 15 is 0 Å². The Morgan fingerprint density at radius 1 is 1.03 bits per heavy atom. The monoisotopic (exact) mass is 431 g/mol. The molecule has 2 heterocycles. The Balaban J connectivity index is 1.41. The fourth-order valence-corrected chi connectivity index (χ4v) is 3.52. The lowest BCUT2D eigenvalue weighted by Crippen LogP contribution is -2.27. The third-order valence-electron chi connectivity index (χ3n) is 5.00. The van der Waals surface area contributed by atoms with Gasteiger partial charge in [-0.1, -0.05) is 12.1 Å². The third kappa shape index (κ3) is 3.60. The summed E-state index contributed by atoms with van der Waals surface area (Å²) in [5.74, 6) is -1.41. The molecule has 32 heavy (non-hydrogen) atoms. The minimum atomic E-state index is -0.603. The van der Waals surface area contributed by atoms with Gasteiger partial charge in [0.25, 0.3) is 5.56 Å². The summed E-state index contributed by atoms with van der Waals surface area (Å²) in [6.45, 7) is -0.192. The first kappa shape index (κ1) is 19.6. The van der Waals surface area contributed by atoms with Crippen molar-refractivity contribution in [3.8, 4) is 11.4 Å². The van der Waals surface area contributed by atoms with E-state index in [1.165, 1.54) is 10.8 Å². The van der Waals surface area contributed by atoms with Crippen LogP contribution in [0.2, 0.25) is 0 Å². The van der Waals surface area contributed by atoms with Gasteiger partial charge < -0.3 is 10.3 Å². The van der Waals surface area contributed by atoms with Crippen LogP contribution in [0.4, 0.5) is 14.5 Å². The van der Waals surface area contributed by atoms with Crippen molar-refractivity contribution >= 4 is 33.7 Å². The molecule has 0 spiro atoms. The number of fused-ring (bicyclic) bond motifs is 2. The van der Waals surface area contributed by atoms with Crippen molar-refractivity contribution in [2.24, 2.45) is 0 Å². The summed E-state index contributed by atoms with van der Waals surface area (Å²) in [7, 11) is 0. The lowest BCUT2D eigenvalue weighted by molar-refractivity contribution is -0.116. The van der Waals surface area contributed by atoms with Crippen molar-refractivity contribution < 1.29 is 13.6 Å². The van der Waals surface area contributed by atoms with Gasteiger partial charge in [0.05, 0.1) is 33.8 Å². The highest BCUT2D eigenvalue weighted by atomic mass is 19.1. The molecule has 5 aromatic rings. The van der Waals surface area contributed by atoms with Crippen LogP contribution in [0.15, 0.2) is 71.7 Å². The van der Waals surface area contributed by atoms with E-state index in [1.54, 1.807) is 42.5 Å². The molecule has 0 atom stereocenters. The smallest absolute Gasteiger partial charge is 0.269 e. The Labute approximate surface area is 179 Å². The molecule has 0 aliphatic carbocycles. The molecule has 0 saturated heterocycles. The number of para-hydroxylation sites is 2. The van der Waals surface area contributed by atoms with Crippen LogP contribution in [-0.2, 0) is 11.3 Å². The average Bonchev–Trinajstić information content (AvgIpc) is 3.20. The number of rotatable bonds is 4. The van der Waals surface area contributed by atoms with Crippen LogP contribution in [0.1, 0.15) is 0 Å². The molecule has 3 aromatic carbocycles. The van der Waals surface area contributed by atoms with E-state index in [9.17, 15) is 18.4 Å². The maximum absolute atomic E-state index is 14.1. The second-order valence-corrected chi connectivity index (χ2v) is 7.16. The van der Waals surface area contributed by atoms with E-state index < -0.39 is 17.5 Å². The molecule has 2 aromatic heterocycles. The maximum atomic E-state index is 14.1. The number of halogens is 2. The van der Waals surface area contributed by atoms with Crippen LogP contribution in [0.3, 0.4) is 0 Å². The third-order valence-corrected chi connectivity index (χ3v) is 5.00. The Morgan fingerprint density at radius 3 is 2.75 bits per heavy atom. The number of amides is 1. The molecular formula is C23H15F2N5O2. The van der Waals surface area contributed by atoms with Crippen LogP contribution in [0.5, 0.6) is 0 Å². The molecule has 7 nitrogen and oxygen atoms in total. The summed E-state index contributed by atoms with van der Waals surface area (Å²) < 4.78 is 28.9. The highest BCUT2D eigenvalue weighted by molar-refractivity contribution is 5.94. The van der Waals surface area contributed by atoms with Gasteiger partial charge in [0.15, 0.2) is 0 Å². The van der Waals surface area contributed by atoms with Gasteiger partial charge in [-0.25, -0.2) is 18.7 Å². The fraction of sp³-hybridized carbons (Fsp3) is 0.0435. The Hall–Kier alpha value is -4.40. The molecule has 9 heteroatoms. The number of aromatic nitrogens is 4. The number of aromatic amines is 1. The largest absolute Gasteiger partial charge is 0.338 e. The first-order chi connectivity index (χ1) is 15.5. The summed E-state index contributed by atoms with van der Waals surface area (Å²) in [4.78, 5) is 36.2. The lowest BCUT2D eigenvalue weighted by atomic mass is 10.2. The van der Waals surface area contributed by atoms with E-state index in [-0.39, 0.29) is 23.5 Å². The van der Waals surface area contributed by atoms with Gasteiger partial charge in [0, 0.05) is 5.69 Å². The molecular weight excluding hydrogens is 416 g/mol. The molecule has 2 N–H and O–H groups in total. The number of nitrogens with one attached hydrogen (secondary N) is 2. The van der Waals surface area contributed by atoms with Gasteiger partial charge in [-0.2, -0.15) is 0 Å². The molecule has 0 saturated carbocycles. The van der Waals surface area contributed by atoms with Gasteiger partial charge in [0.1, 0.15) is 24.0 Å². The van der Waals surface area contributed by atoms with Crippen LogP contribution < -0.4 is 10.9 Å². The van der Waals surface area contributed by atoms with Gasteiger partial charge >= 0.3 is 0 Å². The Bertz CT molecular complexity index is 1560. The van der Waals surface area contributed by atoms with Gasteiger partial charge in [-0.15, -0.1) is 0 Å². The van der Waals surface area contributed by atoms with Gasteiger partial charge in [-0.3, -0.25) is 14.2 Å². The van der Waals surface area contributed by atoms with Crippen molar-refractivity contribution in [1.29, 1.82) is 0 Å². The fourth-order valence-electron chi connectivity index (χ4n) is 3.52. The summed E-state index contributed by atoms with van der Waals surface area (Å²) >= 11 is 0. The first-order valence-corrected chi connectivity index (χ1v) is 9.67. The van der Waals surface area contributed by atoms with E-state index in [0.29, 0.717) is 27.8 Å². The highest BCUT2D eigenvalue weighted by Crippen LogP contribution is 2.25. The molecule has 158 valence electrons. The minimum Gasteiger partial charge on any atom is -0.338 e. The Kier molecular flexibility index (Phi) is 4.70. The second-order valence-electron chi connectivity index (χ2n) is 7.16. The maximum Gasteiger partial charge on any atom is 0.269 e. The number of carbonyl (C=O) groups excluding carboxylic acids is 1. The van der Waals surface area contributed by atoms with E-state index in [2.05, 4.69) is 20.3 Å². The molecule has 0 radical (unpaired) electrons. The standard InChI is InChI=1S/C23H15F2N5O2/c24-13-5-7-16(25)15(9-13)23-28-17-8-6-14(10-19(17)29-23)27-21(31)12-30-20-4-2-1-3-18(20)26-11-22(30)32/h1-11H,12H2,(H,27,31)(H,28,29). The second kappa shape index (κ2) is 7.69. The van der Waals surface area contributed by atoms with Crippen LogP contribution >= 0.6 is 0 Å². The zero-order chi connectivity index (χ0) is 22.2. The van der Waals surface area contributed by atoms with E-state index in [1.807, 2.05) is 0 Å². The molecule has 1 amide bonds. The molecule has 0 bridgehead atoms. The number of anilines is 1. The van der Waals surface area contributed by atoms with Gasteiger partial charge in [0.2, 0.25) is 5.91 Å². The summed E-state index contributed by atoms with van der Waals surface area (Å²) in [6, 6.07) is 15.1. The molecule has 5 rings (SSSR count). The van der Waals surface area contributed by atoms with Crippen LogP contribution in [0, 0.1) is 11.6 Å². The highest BCUT2D eigenvalue weighted by Gasteiger charge is 2.13. The number of H-pyrrole nitrogens is 1. The zero-order valence-electron chi connectivity index (χ0n) is 16.5. The lowest BCUT2D eigenvalue weighted by Gasteiger charge is -2.10. The predicted molar refractivity (Wildman–Crippen MR) is 116 cm³/mol. The van der Waals surface area contributed by atoms with Crippen molar-refractivity contribution in [1.82, 2.24) is 19.5 Å². The average molecular weight is 431 g/mol.